The zero-order valence-corrected chi connectivity index (χ0v) is 20.0. The average molecular weight is 481 g/mol. The Hall–Kier alpha value is -3.79. The van der Waals surface area contributed by atoms with E-state index in [4.69, 9.17) is 4.74 Å². The predicted molar refractivity (Wildman–Crippen MR) is 127 cm³/mol. The monoisotopic (exact) mass is 480 g/mol. The third kappa shape index (κ3) is 4.12. The number of likely N-dealkylation sites (N-methyl/N-ethyl adjacent to an activating group) is 1. The van der Waals surface area contributed by atoms with Crippen LogP contribution in [0.15, 0.2) is 58.9 Å². The maximum Gasteiger partial charge on any atom is 0.296 e. The van der Waals surface area contributed by atoms with Gasteiger partial charge in [0.2, 0.25) is 11.0 Å². The first-order valence-electron chi connectivity index (χ1n) is 10.6. The van der Waals surface area contributed by atoms with Gasteiger partial charge in [0.05, 0.1) is 18.7 Å². The molecule has 9 nitrogen and oxygen atoms in total. The number of hydrogen-bond donors (Lipinski definition) is 1. The highest BCUT2D eigenvalue weighted by atomic mass is 32.1. The Morgan fingerprint density at radius 1 is 1.21 bits per heavy atom. The Balaban J connectivity index is 1.83. The van der Waals surface area contributed by atoms with E-state index in [-0.39, 0.29) is 16.6 Å². The smallest absolute Gasteiger partial charge is 0.296 e. The molecule has 10 heteroatoms. The van der Waals surface area contributed by atoms with E-state index in [0.29, 0.717) is 40.3 Å². The maximum atomic E-state index is 13.6. The number of anilines is 1. The van der Waals surface area contributed by atoms with Crippen LogP contribution in [-0.2, 0) is 9.59 Å². The largest absolute Gasteiger partial charge is 0.503 e. The summed E-state index contributed by atoms with van der Waals surface area (Å²) in [5.74, 6) is -1.45. The molecule has 1 aromatic carbocycles. The normalized spacial score (nSPS) is 18.1. The molecule has 1 aliphatic heterocycles. The number of allylic oxidation sites excluding steroid dienone is 1. The molecule has 0 saturated heterocycles. The SMILES string of the molecule is COc1ccc(C(=O)C2=C(O)C(=O)N(c3nnc(C)s3)C2C2=CCCC(C(=O)N(C)C)=C2)cc1. The van der Waals surface area contributed by atoms with Crippen molar-refractivity contribution in [2.45, 2.75) is 25.8 Å². The van der Waals surface area contributed by atoms with E-state index in [1.165, 1.54) is 28.2 Å². The number of carbonyl (C=O) groups is 3. The second-order valence-electron chi connectivity index (χ2n) is 8.11. The fourth-order valence-corrected chi connectivity index (χ4v) is 4.72. The quantitative estimate of drug-likeness (QED) is 0.633. The van der Waals surface area contributed by atoms with Crippen molar-refractivity contribution in [1.29, 1.82) is 0 Å². The minimum absolute atomic E-state index is 0.0657. The second-order valence-corrected chi connectivity index (χ2v) is 9.27. The number of benzene rings is 1. The van der Waals surface area contributed by atoms with Crippen LogP contribution in [0, 0.1) is 6.92 Å². The van der Waals surface area contributed by atoms with Gasteiger partial charge in [-0.3, -0.25) is 19.3 Å². The number of nitrogens with zero attached hydrogens (tertiary/aromatic N) is 4. The van der Waals surface area contributed by atoms with Crippen LogP contribution in [-0.4, -0.2) is 65.0 Å². The number of ketones is 1. The van der Waals surface area contributed by atoms with Crippen molar-refractivity contribution in [3.63, 3.8) is 0 Å². The molecule has 2 aromatic rings. The van der Waals surface area contributed by atoms with Gasteiger partial charge in [0, 0.05) is 25.2 Å². The van der Waals surface area contributed by atoms with E-state index in [1.54, 1.807) is 51.4 Å². The number of aliphatic hydroxyl groups is 1. The van der Waals surface area contributed by atoms with Gasteiger partial charge in [-0.25, -0.2) is 0 Å². The molecule has 1 N–H and O–H groups in total. The lowest BCUT2D eigenvalue weighted by Crippen LogP contribution is -2.38. The van der Waals surface area contributed by atoms with Crippen LogP contribution in [0.25, 0.3) is 0 Å². The van der Waals surface area contributed by atoms with E-state index in [1.807, 2.05) is 6.08 Å². The fourth-order valence-electron chi connectivity index (χ4n) is 4.00. The summed E-state index contributed by atoms with van der Waals surface area (Å²) < 4.78 is 5.16. The van der Waals surface area contributed by atoms with E-state index in [0.717, 1.165) is 0 Å². The second kappa shape index (κ2) is 9.22. The number of methoxy groups -OCH3 is 1. The van der Waals surface area contributed by atoms with E-state index >= 15 is 0 Å². The first kappa shape index (κ1) is 23.4. The van der Waals surface area contributed by atoms with Crippen molar-refractivity contribution < 1.29 is 24.2 Å². The lowest BCUT2D eigenvalue weighted by Gasteiger charge is -2.27. The third-order valence-electron chi connectivity index (χ3n) is 5.66. The van der Waals surface area contributed by atoms with E-state index in [9.17, 15) is 19.5 Å². The Bertz CT molecular complexity index is 1260. The summed E-state index contributed by atoms with van der Waals surface area (Å²) in [6, 6.07) is 5.48. The molecule has 1 aliphatic carbocycles. The lowest BCUT2D eigenvalue weighted by molar-refractivity contribution is -0.124. The van der Waals surface area contributed by atoms with Crippen LogP contribution >= 0.6 is 11.3 Å². The summed E-state index contributed by atoms with van der Waals surface area (Å²) in [6.45, 7) is 1.75. The number of aliphatic hydroxyl groups excluding tert-OH is 1. The van der Waals surface area contributed by atoms with Crippen molar-refractivity contribution >= 4 is 34.1 Å². The van der Waals surface area contributed by atoms with Gasteiger partial charge in [0.15, 0.2) is 11.5 Å². The summed E-state index contributed by atoms with van der Waals surface area (Å²) in [4.78, 5) is 42.2. The Kier molecular flexibility index (Phi) is 6.34. The number of Topliss-reactive ketones (excluding diaryl/α,β-unsaturated/α-hetero) is 1. The van der Waals surface area contributed by atoms with E-state index in [2.05, 4.69) is 10.2 Å². The Morgan fingerprint density at radius 3 is 2.50 bits per heavy atom. The van der Waals surface area contributed by atoms with Gasteiger partial charge < -0.3 is 14.7 Å². The molecule has 34 heavy (non-hydrogen) atoms. The molecule has 2 heterocycles. The molecule has 1 atom stereocenters. The van der Waals surface area contributed by atoms with Crippen molar-refractivity contribution in [2.75, 3.05) is 26.1 Å². The standard InChI is InChI=1S/C24H24N4O5S/c1-13-25-26-24(34-13)28-19(15-6-5-7-16(12-15)22(31)27(2)3)18(21(30)23(28)32)20(29)14-8-10-17(33-4)11-9-14/h6,8-12,19,30H,5,7H2,1-4H3. The highest BCUT2D eigenvalue weighted by Gasteiger charge is 2.46. The average Bonchev–Trinajstić information content (AvgIpc) is 3.38. The Morgan fingerprint density at radius 2 is 1.91 bits per heavy atom. The molecule has 176 valence electrons. The molecular weight excluding hydrogens is 456 g/mol. The zero-order chi connectivity index (χ0) is 24.6. The van der Waals surface area contributed by atoms with Gasteiger partial charge in [0.25, 0.3) is 5.91 Å². The zero-order valence-electron chi connectivity index (χ0n) is 19.2. The number of rotatable bonds is 6. The lowest BCUT2D eigenvalue weighted by atomic mass is 9.88. The Labute approximate surface area is 200 Å². The maximum absolute atomic E-state index is 13.6. The van der Waals surface area contributed by atoms with Crippen molar-refractivity contribution in [2.24, 2.45) is 0 Å². The molecule has 0 bridgehead atoms. The summed E-state index contributed by atoms with van der Waals surface area (Å²) >= 11 is 1.18. The number of carbonyl (C=O) groups excluding carboxylic acids is 3. The highest BCUT2D eigenvalue weighted by Crippen LogP contribution is 2.39. The summed E-state index contributed by atoms with van der Waals surface area (Å²) in [5.41, 5.74) is 1.36. The van der Waals surface area contributed by atoms with Gasteiger partial charge in [-0.2, -0.15) is 0 Å². The van der Waals surface area contributed by atoms with Crippen LogP contribution in [0.3, 0.4) is 0 Å². The highest BCUT2D eigenvalue weighted by molar-refractivity contribution is 7.15. The van der Waals surface area contributed by atoms with Gasteiger partial charge >= 0.3 is 0 Å². The number of aryl methyl sites for hydroxylation is 1. The van der Waals surface area contributed by atoms with Gasteiger partial charge in [-0.1, -0.05) is 17.4 Å². The predicted octanol–water partition coefficient (Wildman–Crippen LogP) is 3.00. The molecule has 0 spiro atoms. The van der Waals surface area contributed by atoms with Crippen molar-refractivity contribution in [3.05, 3.63) is 69.5 Å². The van der Waals surface area contributed by atoms with Crippen LogP contribution in [0.5, 0.6) is 5.75 Å². The van der Waals surface area contributed by atoms with Crippen molar-refractivity contribution in [1.82, 2.24) is 15.1 Å². The number of ether oxygens (including phenoxy) is 1. The van der Waals surface area contributed by atoms with Gasteiger partial charge in [0.1, 0.15) is 10.8 Å². The first-order chi connectivity index (χ1) is 16.2. The fraction of sp³-hybridized carbons (Fsp3) is 0.292. The number of amides is 2. The third-order valence-corrected chi connectivity index (χ3v) is 6.50. The molecule has 1 aromatic heterocycles. The number of aromatic nitrogens is 2. The minimum atomic E-state index is -0.945. The molecule has 2 aliphatic rings. The molecule has 0 fully saturated rings. The number of hydrogen-bond acceptors (Lipinski definition) is 8. The van der Waals surface area contributed by atoms with Crippen LogP contribution in [0.1, 0.15) is 28.2 Å². The van der Waals surface area contributed by atoms with Crippen LogP contribution in [0.4, 0.5) is 5.13 Å². The molecule has 0 radical (unpaired) electrons. The van der Waals surface area contributed by atoms with Gasteiger partial charge in [-0.15, -0.1) is 10.2 Å². The molecule has 4 rings (SSSR count). The van der Waals surface area contributed by atoms with E-state index < -0.39 is 23.5 Å². The minimum Gasteiger partial charge on any atom is -0.503 e. The molecular formula is C24H24N4O5S. The summed E-state index contributed by atoms with van der Waals surface area (Å²) in [7, 11) is 4.86. The summed E-state index contributed by atoms with van der Waals surface area (Å²) in [5, 5.41) is 19.8. The van der Waals surface area contributed by atoms with Crippen molar-refractivity contribution in [3.8, 4) is 5.75 Å². The molecule has 0 saturated carbocycles. The molecule has 1 unspecified atom stereocenters. The van der Waals surface area contributed by atoms with Crippen LogP contribution < -0.4 is 9.64 Å². The molecule has 2 amide bonds. The van der Waals surface area contributed by atoms with Crippen LogP contribution in [0.2, 0.25) is 0 Å². The van der Waals surface area contributed by atoms with Gasteiger partial charge in [-0.05, 0) is 55.7 Å². The first-order valence-corrected chi connectivity index (χ1v) is 11.4. The topological polar surface area (TPSA) is 113 Å². The summed E-state index contributed by atoms with van der Waals surface area (Å²) in [6.07, 6.45) is 4.67.